The van der Waals surface area contributed by atoms with E-state index in [2.05, 4.69) is 16.2 Å². The zero-order chi connectivity index (χ0) is 15.7. The molecule has 8 heteroatoms. The molecule has 1 atom stereocenters. The molecule has 1 fully saturated rings. The lowest BCUT2D eigenvalue weighted by molar-refractivity contribution is -0.125. The van der Waals surface area contributed by atoms with E-state index in [0.717, 1.165) is 25.7 Å². The molecule has 1 saturated carbocycles. The van der Waals surface area contributed by atoms with Crippen molar-refractivity contribution in [2.45, 2.75) is 51.0 Å². The first-order valence-corrected chi connectivity index (χ1v) is 7.29. The van der Waals surface area contributed by atoms with Crippen LogP contribution in [0.5, 0.6) is 0 Å². The minimum absolute atomic E-state index is 0.0972. The zero-order valence-corrected chi connectivity index (χ0v) is 12.1. The number of amides is 3. The Morgan fingerprint density at radius 1 is 1.19 bits per heavy atom. The molecule has 1 unspecified atom stereocenters. The summed E-state index contributed by atoms with van der Waals surface area (Å²) in [5, 5.41) is 11.1. The third-order valence-electron chi connectivity index (χ3n) is 3.62. The Kier molecular flexibility index (Phi) is 7.52. The second-order valence-electron chi connectivity index (χ2n) is 5.37. The van der Waals surface area contributed by atoms with Crippen LogP contribution in [0.4, 0.5) is 4.79 Å². The molecule has 6 N–H and O–H groups in total. The van der Waals surface area contributed by atoms with Gasteiger partial charge in [-0.15, -0.1) is 0 Å². The molecular formula is C13H24N4O4. The third-order valence-corrected chi connectivity index (χ3v) is 3.62. The lowest BCUT2D eigenvalue weighted by Crippen LogP contribution is -2.51. The molecule has 0 radical (unpaired) electrons. The molecule has 0 aromatic heterocycles. The zero-order valence-electron chi connectivity index (χ0n) is 12.1. The van der Waals surface area contributed by atoms with Crippen LogP contribution in [0.3, 0.4) is 0 Å². The molecule has 0 aromatic rings. The van der Waals surface area contributed by atoms with Crippen molar-refractivity contribution in [2.75, 3.05) is 6.54 Å². The Morgan fingerprint density at radius 2 is 1.86 bits per heavy atom. The van der Waals surface area contributed by atoms with Gasteiger partial charge in [-0.2, -0.15) is 0 Å². The van der Waals surface area contributed by atoms with E-state index < -0.39 is 23.9 Å². The van der Waals surface area contributed by atoms with Crippen molar-refractivity contribution in [3.8, 4) is 0 Å². The average molecular weight is 300 g/mol. The predicted octanol–water partition coefficient (Wildman–Crippen LogP) is 0.0892. The number of nitrogens with one attached hydrogen (secondary N) is 3. The summed E-state index contributed by atoms with van der Waals surface area (Å²) in [5.41, 5.74) is 9.96. The molecule has 1 aliphatic rings. The van der Waals surface area contributed by atoms with E-state index in [-0.39, 0.29) is 13.0 Å². The van der Waals surface area contributed by atoms with Gasteiger partial charge < -0.3 is 16.2 Å². The molecule has 21 heavy (non-hydrogen) atoms. The molecular weight excluding hydrogens is 276 g/mol. The summed E-state index contributed by atoms with van der Waals surface area (Å²) < 4.78 is 0. The SMILES string of the molecule is NC(=O)CCNNC(=O)C(CC1CCCCC1)NC(=O)O. The van der Waals surface area contributed by atoms with Gasteiger partial charge in [-0.25, -0.2) is 10.2 Å². The fraction of sp³-hybridized carbons (Fsp3) is 0.769. The monoisotopic (exact) mass is 300 g/mol. The van der Waals surface area contributed by atoms with Gasteiger partial charge in [0.1, 0.15) is 6.04 Å². The number of carbonyl (C=O) groups is 3. The van der Waals surface area contributed by atoms with Crippen molar-refractivity contribution >= 4 is 17.9 Å². The molecule has 0 bridgehead atoms. The van der Waals surface area contributed by atoms with E-state index in [1.165, 1.54) is 6.42 Å². The fourth-order valence-corrected chi connectivity index (χ4v) is 2.56. The van der Waals surface area contributed by atoms with Crippen LogP contribution in [0.1, 0.15) is 44.9 Å². The van der Waals surface area contributed by atoms with Gasteiger partial charge in [-0.1, -0.05) is 32.1 Å². The first kappa shape index (κ1) is 17.2. The molecule has 0 saturated heterocycles. The van der Waals surface area contributed by atoms with Crippen molar-refractivity contribution in [1.82, 2.24) is 16.2 Å². The normalized spacial score (nSPS) is 17.0. The van der Waals surface area contributed by atoms with Crippen molar-refractivity contribution in [3.63, 3.8) is 0 Å². The predicted molar refractivity (Wildman–Crippen MR) is 76.1 cm³/mol. The lowest BCUT2D eigenvalue weighted by Gasteiger charge is -2.26. The second kappa shape index (κ2) is 9.17. The summed E-state index contributed by atoms with van der Waals surface area (Å²) in [7, 11) is 0. The van der Waals surface area contributed by atoms with Crippen LogP contribution in [0, 0.1) is 5.92 Å². The highest BCUT2D eigenvalue weighted by Gasteiger charge is 2.25. The van der Waals surface area contributed by atoms with E-state index in [9.17, 15) is 14.4 Å². The Morgan fingerprint density at radius 3 is 2.43 bits per heavy atom. The molecule has 1 rings (SSSR count). The smallest absolute Gasteiger partial charge is 0.405 e. The topological polar surface area (TPSA) is 134 Å². The van der Waals surface area contributed by atoms with Gasteiger partial charge in [0.2, 0.25) is 5.91 Å². The van der Waals surface area contributed by atoms with E-state index in [1.54, 1.807) is 0 Å². The van der Waals surface area contributed by atoms with Gasteiger partial charge in [-0.05, 0) is 12.3 Å². The summed E-state index contributed by atoms with van der Waals surface area (Å²) in [6.07, 6.45) is 4.89. The summed E-state index contributed by atoms with van der Waals surface area (Å²) >= 11 is 0. The number of hydrogen-bond acceptors (Lipinski definition) is 4. The number of carboxylic acid groups (broad SMARTS) is 1. The molecule has 120 valence electrons. The van der Waals surface area contributed by atoms with Gasteiger partial charge in [0, 0.05) is 13.0 Å². The summed E-state index contributed by atoms with van der Waals surface area (Å²) in [5.74, 6) is -0.543. The number of hydrogen-bond donors (Lipinski definition) is 5. The minimum Gasteiger partial charge on any atom is -0.465 e. The Labute approximate surface area is 123 Å². The molecule has 0 aliphatic heterocycles. The van der Waals surface area contributed by atoms with Gasteiger partial charge in [-0.3, -0.25) is 15.0 Å². The van der Waals surface area contributed by atoms with Crippen LogP contribution in [0.2, 0.25) is 0 Å². The van der Waals surface area contributed by atoms with E-state index in [0.29, 0.717) is 12.3 Å². The maximum absolute atomic E-state index is 12.0. The highest BCUT2D eigenvalue weighted by Crippen LogP contribution is 2.27. The lowest BCUT2D eigenvalue weighted by atomic mass is 9.84. The quantitative estimate of drug-likeness (QED) is 0.320. The molecule has 0 heterocycles. The maximum Gasteiger partial charge on any atom is 0.405 e. The summed E-state index contributed by atoms with van der Waals surface area (Å²) in [6, 6.07) is -0.785. The Hall–Kier alpha value is -1.83. The van der Waals surface area contributed by atoms with Crippen LogP contribution >= 0.6 is 0 Å². The average Bonchev–Trinajstić information content (AvgIpc) is 2.43. The van der Waals surface area contributed by atoms with Crippen molar-refractivity contribution in [2.24, 2.45) is 11.7 Å². The van der Waals surface area contributed by atoms with Crippen molar-refractivity contribution in [1.29, 1.82) is 0 Å². The Balaban J connectivity index is 2.41. The summed E-state index contributed by atoms with van der Waals surface area (Å²) in [6.45, 7) is 0.213. The van der Waals surface area contributed by atoms with Gasteiger partial charge >= 0.3 is 6.09 Å². The van der Waals surface area contributed by atoms with Crippen LogP contribution in [0.25, 0.3) is 0 Å². The van der Waals surface area contributed by atoms with Crippen LogP contribution in [-0.2, 0) is 9.59 Å². The van der Waals surface area contributed by atoms with Crippen molar-refractivity contribution in [3.05, 3.63) is 0 Å². The largest absolute Gasteiger partial charge is 0.465 e. The number of hydrazine groups is 1. The Bertz CT molecular complexity index is 369. The van der Waals surface area contributed by atoms with Crippen LogP contribution in [0.15, 0.2) is 0 Å². The molecule has 0 spiro atoms. The second-order valence-corrected chi connectivity index (χ2v) is 5.37. The molecule has 3 amide bonds. The molecule has 0 aromatic carbocycles. The van der Waals surface area contributed by atoms with E-state index in [4.69, 9.17) is 10.8 Å². The van der Waals surface area contributed by atoms with E-state index >= 15 is 0 Å². The van der Waals surface area contributed by atoms with Crippen LogP contribution in [-0.4, -0.2) is 35.6 Å². The highest BCUT2D eigenvalue weighted by atomic mass is 16.4. The number of carbonyl (C=O) groups excluding carboxylic acids is 2. The highest BCUT2D eigenvalue weighted by molar-refractivity contribution is 5.84. The van der Waals surface area contributed by atoms with Crippen LogP contribution < -0.4 is 21.9 Å². The van der Waals surface area contributed by atoms with Gasteiger partial charge in [0.05, 0.1) is 0 Å². The van der Waals surface area contributed by atoms with Gasteiger partial charge in [0.25, 0.3) is 5.91 Å². The molecule has 1 aliphatic carbocycles. The first-order chi connectivity index (χ1) is 9.99. The molecule has 8 nitrogen and oxygen atoms in total. The van der Waals surface area contributed by atoms with Crippen molar-refractivity contribution < 1.29 is 19.5 Å². The minimum atomic E-state index is -1.22. The number of rotatable bonds is 8. The third kappa shape index (κ3) is 7.50. The maximum atomic E-state index is 12.0. The standard InChI is InChI=1S/C13H24N4O4/c14-11(18)6-7-15-17-12(19)10(16-13(20)21)8-9-4-2-1-3-5-9/h9-10,15-16H,1-8H2,(H2,14,18)(H,17,19)(H,20,21). The first-order valence-electron chi connectivity index (χ1n) is 7.29. The summed E-state index contributed by atoms with van der Waals surface area (Å²) in [4.78, 5) is 33.3. The van der Waals surface area contributed by atoms with Gasteiger partial charge in [0.15, 0.2) is 0 Å². The fourth-order valence-electron chi connectivity index (χ4n) is 2.56. The van der Waals surface area contributed by atoms with E-state index in [1.807, 2.05) is 0 Å². The number of nitrogens with two attached hydrogens (primary N) is 1. The number of primary amides is 1.